The Morgan fingerprint density at radius 1 is 1.09 bits per heavy atom. The Morgan fingerprint density at radius 2 is 1.82 bits per heavy atom. The number of morpholine rings is 1. The maximum absolute atomic E-state index is 12.1. The van der Waals surface area contributed by atoms with Gasteiger partial charge in [0, 0.05) is 49.1 Å². The minimum atomic E-state index is -0.334. The molecule has 180 valence electrons. The summed E-state index contributed by atoms with van der Waals surface area (Å²) in [4.78, 5) is 39.0. The number of rotatable bonds is 6. The fourth-order valence-electron chi connectivity index (χ4n) is 5.10. The number of piperidine rings is 1. The first-order chi connectivity index (χ1) is 16.6. The summed E-state index contributed by atoms with van der Waals surface area (Å²) in [5, 5.41) is 3.32. The fourth-order valence-corrected chi connectivity index (χ4v) is 5.23. The highest BCUT2D eigenvalue weighted by molar-refractivity contribution is 6.30. The zero-order valence-corrected chi connectivity index (χ0v) is 19.7. The molecule has 3 aliphatic heterocycles. The van der Waals surface area contributed by atoms with Gasteiger partial charge in [-0.05, 0) is 43.0 Å². The second-order valence-corrected chi connectivity index (χ2v) is 9.50. The first kappa shape index (κ1) is 23.0. The lowest BCUT2D eigenvalue weighted by Crippen LogP contribution is -2.59. The predicted molar refractivity (Wildman–Crippen MR) is 128 cm³/mol. The van der Waals surface area contributed by atoms with E-state index in [0.29, 0.717) is 19.2 Å². The SMILES string of the molecule is O=C1CNC(=O)N1C[C@H]1CN(C2CCN(c3ncccn3)CC2)C(Cc2ccc(Cl)cc2)CO1. The predicted octanol–water partition coefficient (Wildman–Crippen LogP) is 1.96. The average Bonchev–Trinajstić information content (AvgIpc) is 3.19. The Kier molecular flexibility index (Phi) is 6.94. The Labute approximate surface area is 204 Å². The summed E-state index contributed by atoms with van der Waals surface area (Å²) in [6, 6.07) is 10.1. The van der Waals surface area contributed by atoms with E-state index in [1.165, 1.54) is 10.5 Å². The van der Waals surface area contributed by atoms with Crippen molar-refractivity contribution in [3.8, 4) is 0 Å². The van der Waals surface area contributed by atoms with E-state index in [4.69, 9.17) is 16.3 Å². The number of carbonyl (C=O) groups excluding carboxylic acids is 2. The summed E-state index contributed by atoms with van der Waals surface area (Å²) >= 11 is 6.08. The Bertz CT molecular complexity index is 984. The number of nitrogens with zero attached hydrogens (tertiary/aromatic N) is 5. The second kappa shape index (κ2) is 10.2. The molecule has 1 aromatic carbocycles. The number of carbonyl (C=O) groups is 2. The number of aromatic nitrogens is 2. The zero-order valence-electron chi connectivity index (χ0n) is 19.0. The highest BCUT2D eigenvalue weighted by atomic mass is 35.5. The van der Waals surface area contributed by atoms with Crippen molar-refractivity contribution in [1.29, 1.82) is 0 Å². The van der Waals surface area contributed by atoms with Crippen molar-refractivity contribution in [2.24, 2.45) is 0 Å². The minimum Gasteiger partial charge on any atom is -0.373 e. The third-order valence-corrected chi connectivity index (χ3v) is 7.14. The monoisotopic (exact) mass is 484 g/mol. The molecule has 0 radical (unpaired) electrons. The Morgan fingerprint density at radius 3 is 2.50 bits per heavy atom. The molecule has 3 aliphatic rings. The van der Waals surface area contributed by atoms with Crippen LogP contribution in [-0.2, 0) is 16.0 Å². The van der Waals surface area contributed by atoms with Crippen LogP contribution < -0.4 is 10.2 Å². The molecular weight excluding hydrogens is 456 g/mol. The molecule has 0 aliphatic carbocycles. The highest BCUT2D eigenvalue weighted by Gasteiger charge is 2.38. The van der Waals surface area contributed by atoms with Gasteiger partial charge < -0.3 is 15.0 Å². The first-order valence-corrected chi connectivity index (χ1v) is 12.2. The summed E-state index contributed by atoms with van der Waals surface area (Å²) in [5.74, 6) is 0.580. The summed E-state index contributed by atoms with van der Waals surface area (Å²) in [6.45, 7) is 3.36. The normalized spacial score (nSPS) is 24.5. The molecule has 0 bridgehead atoms. The molecule has 2 aromatic rings. The number of halogens is 1. The van der Waals surface area contributed by atoms with Crippen molar-refractivity contribution < 1.29 is 14.3 Å². The van der Waals surface area contributed by atoms with Crippen molar-refractivity contribution in [3.63, 3.8) is 0 Å². The molecular formula is C24H29ClN6O3. The smallest absolute Gasteiger partial charge is 0.324 e. The van der Waals surface area contributed by atoms with Gasteiger partial charge in [-0.3, -0.25) is 14.6 Å². The van der Waals surface area contributed by atoms with E-state index >= 15 is 0 Å². The van der Waals surface area contributed by atoms with E-state index in [2.05, 4.69) is 37.2 Å². The van der Waals surface area contributed by atoms with Crippen LogP contribution in [0.25, 0.3) is 0 Å². The van der Waals surface area contributed by atoms with Crippen LogP contribution in [0.4, 0.5) is 10.7 Å². The molecule has 2 atom stereocenters. The quantitative estimate of drug-likeness (QED) is 0.627. The molecule has 10 heteroatoms. The summed E-state index contributed by atoms with van der Waals surface area (Å²) in [6.07, 6.45) is 6.19. The summed E-state index contributed by atoms with van der Waals surface area (Å²) in [5.41, 5.74) is 1.21. The van der Waals surface area contributed by atoms with E-state index in [9.17, 15) is 9.59 Å². The molecule has 4 heterocycles. The second-order valence-electron chi connectivity index (χ2n) is 9.07. The Hall–Kier alpha value is -2.75. The van der Waals surface area contributed by atoms with E-state index < -0.39 is 0 Å². The van der Waals surface area contributed by atoms with Crippen molar-refractivity contribution in [1.82, 2.24) is 25.1 Å². The average molecular weight is 485 g/mol. The van der Waals surface area contributed by atoms with Gasteiger partial charge in [0.15, 0.2) is 0 Å². The topological polar surface area (TPSA) is 90.9 Å². The number of hydrogen-bond acceptors (Lipinski definition) is 7. The number of hydrogen-bond donors (Lipinski definition) is 1. The molecule has 1 aromatic heterocycles. The fraction of sp³-hybridized carbons (Fsp3) is 0.500. The van der Waals surface area contributed by atoms with Crippen molar-refractivity contribution in [2.75, 3.05) is 44.2 Å². The van der Waals surface area contributed by atoms with Gasteiger partial charge in [0.05, 0.1) is 25.8 Å². The van der Waals surface area contributed by atoms with Crippen molar-refractivity contribution in [2.45, 2.75) is 37.5 Å². The highest BCUT2D eigenvalue weighted by Crippen LogP contribution is 2.27. The number of benzene rings is 1. The van der Waals surface area contributed by atoms with Gasteiger partial charge >= 0.3 is 6.03 Å². The van der Waals surface area contributed by atoms with Crippen LogP contribution in [0.1, 0.15) is 18.4 Å². The lowest BCUT2D eigenvalue weighted by atomic mass is 9.96. The van der Waals surface area contributed by atoms with Crippen LogP contribution in [0.15, 0.2) is 42.7 Å². The van der Waals surface area contributed by atoms with Crippen LogP contribution in [-0.4, -0.2) is 89.2 Å². The molecule has 1 N–H and O–H groups in total. The van der Waals surface area contributed by atoms with Crippen LogP contribution >= 0.6 is 11.6 Å². The third-order valence-electron chi connectivity index (χ3n) is 6.88. The van der Waals surface area contributed by atoms with E-state index in [1.807, 2.05) is 18.2 Å². The molecule has 0 saturated carbocycles. The molecule has 3 amide bonds. The van der Waals surface area contributed by atoms with Gasteiger partial charge in [-0.2, -0.15) is 0 Å². The van der Waals surface area contributed by atoms with E-state index in [-0.39, 0.29) is 37.2 Å². The van der Waals surface area contributed by atoms with Gasteiger partial charge in [0.25, 0.3) is 0 Å². The Balaban J connectivity index is 1.28. The standard InChI is InChI=1S/C24H29ClN6O3/c25-18-4-2-17(3-5-18)12-20-16-34-21(15-31-22(32)13-28-24(31)33)14-30(20)19-6-10-29(11-7-19)23-26-8-1-9-27-23/h1-5,8-9,19-21H,6-7,10-16H2,(H,28,33)/t20?,21-/m1/s1. The van der Waals surface area contributed by atoms with Gasteiger partial charge in [0.2, 0.25) is 11.9 Å². The molecule has 3 saturated heterocycles. The number of nitrogens with one attached hydrogen (secondary N) is 1. The number of urea groups is 1. The van der Waals surface area contributed by atoms with Gasteiger partial charge in [-0.1, -0.05) is 23.7 Å². The van der Waals surface area contributed by atoms with E-state index in [1.54, 1.807) is 12.4 Å². The number of anilines is 1. The van der Waals surface area contributed by atoms with Crippen LogP contribution in [0.5, 0.6) is 0 Å². The molecule has 5 rings (SSSR count). The lowest BCUT2D eigenvalue weighted by Gasteiger charge is -2.47. The van der Waals surface area contributed by atoms with Crippen LogP contribution in [0.3, 0.4) is 0 Å². The van der Waals surface area contributed by atoms with Crippen LogP contribution in [0, 0.1) is 0 Å². The lowest BCUT2D eigenvalue weighted by molar-refractivity contribution is -0.129. The number of imide groups is 1. The molecule has 3 fully saturated rings. The molecule has 1 unspecified atom stereocenters. The summed E-state index contributed by atoms with van der Waals surface area (Å²) < 4.78 is 6.18. The van der Waals surface area contributed by atoms with Crippen LogP contribution in [0.2, 0.25) is 5.02 Å². The van der Waals surface area contributed by atoms with E-state index in [0.717, 1.165) is 43.3 Å². The maximum atomic E-state index is 12.1. The minimum absolute atomic E-state index is 0.0640. The number of amides is 3. The summed E-state index contributed by atoms with van der Waals surface area (Å²) in [7, 11) is 0. The molecule has 9 nitrogen and oxygen atoms in total. The number of ether oxygens (including phenoxy) is 1. The molecule has 0 spiro atoms. The van der Waals surface area contributed by atoms with Gasteiger partial charge in [-0.25, -0.2) is 14.8 Å². The third kappa shape index (κ3) is 5.16. The molecule has 34 heavy (non-hydrogen) atoms. The van der Waals surface area contributed by atoms with Crippen molar-refractivity contribution in [3.05, 3.63) is 53.3 Å². The largest absolute Gasteiger partial charge is 0.373 e. The van der Waals surface area contributed by atoms with Gasteiger partial charge in [-0.15, -0.1) is 0 Å². The van der Waals surface area contributed by atoms with Crippen molar-refractivity contribution >= 4 is 29.5 Å². The maximum Gasteiger partial charge on any atom is 0.324 e. The zero-order chi connectivity index (χ0) is 23.5. The van der Waals surface area contributed by atoms with Gasteiger partial charge in [0.1, 0.15) is 0 Å². The first-order valence-electron chi connectivity index (χ1n) is 11.8.